The number of aliphatic hydroxyl groups is 1. The molecule has 3 amide bonds. The van der Waals surface area contributed by atoms with Gasteiger partial charge in [0.2, 0.25) is 5.91 Å². The average molecular weight is 297 g/mol. The van der Waals surface area contributed by atoms with E-state index in [0.717, 1.165) is 12.8 Å². The largest absolute Gasteiger partial charge is 0.386 e. The summed E-state index contributed by atoms with van der Waals surface area (Å²) >= 11 is 0. The molecule has 2 aliphatic rings. The third-order valence-corrected chi connectivity index (χ3v) is 4.81. The van der Waals surface area contributed by atoms with Gasteiger partial charge >= 0.3 is 6.03 Å². The second-order valence-corrected chi connectivity index (χ2v) is 6.89. The van der Waals surface area contributed by atoms with Crippen LogP contribution in [0, 0.1) is 11.8 Å². The van der Waals surface area contributed by atoms with Crippen LogP contribution in [0.4, 0.5) is 4.79 Å². The topological polar surface area (TPSA) is 64.1 Å². The molecule has 0 radical (unpaired) electrons. The molecule has 21 heavy (non-hydrogen) atoms. The average Bonchev–Trinajstić information content (AvgIpc) is 2.42. The van der Waals surface area contributed by atoms with Gasteiger partial charge < -0.3 is 19.8 Å². The predicted octanol–water partition coefficient (Wildman–Crippen LogP) is 0.609. The molecule has 0 aliphatic carbocycles. The van der Waals surface area contributed by atoms with Crippen molar-refractivity contribution in [2.24, 2.45) is 11.8 Å². The standard InChI is InChI=1S/C15H27N3O3/c1-11(2)15(21)9-18(10-15)13(19)12-5-7-17(8-6-12)14(20)16(3)4/h11-12,21H,5-10H2,1-4H3. The van der Waals surface area contributed by atoms with Crippen molar-refractivity contribution in [1.29, 1.82) is 0 Å². The molecule has 0 spiro atoms. The quantitative estimate of drug-likeness (QED) is 0.812. The normalized spacial score (nSPS) is 22.2. The molecule has 0 bridgehead atoms. The maximum absolute atomic E-state index is 12.4. The summed E-state index contributed by atoms with van der Waals surface area (Å²) in [6, 6.07) is 0.0130. The summed E-state index contributed by atoms with van der Waals surface area (Å²) < 4.78 is 0. The van der Waals surface area contributed by atoms with Crippen LogP contribution < -0.4 is 0 Å². The minimum absolute atomic E-state index is 0.00655. The van der Waals surface area contributed by atoms with E-state index in [-0.39, 0.29) is 23.8 Å². The van der Waals surface area contributed by atoms with Crippen molar-refractivity contribution in [2.75, 3.05) is 40.3 Å². The maximum atomic E-state index is 12.4. The van der Waals surface area contributed by atoms with E-state index in [4.69, 9.17) is 0 Å². The molecule has 0 aromatic rings. The lowest BCUT2D eigenvalue weighted by Gasteiger charge is -2.50. The molecular weight excluding hydrogens is 270 g/mol. The summed E-state index contributed by atoms with van der Waals surface area (Å²) in [5.41, 5.74) is -0.711. The summed E-state index contributed by atoms with van der Waals surface area (Å²) in [5.74, 6) is 0.298. The Morgan fingerprint density at radius 3 is 2.10 bits per heavy atom. The van der Waals surface area contributed by atoms with Crippen LogP contribution in [0.2, 0.25) is 0 Å². The van der Waals surface area contributed by atoms with Crippen molar-refractivity contribution in [3.63, 3.8) is 0 Å². The second kappa shape index (κ2) is 5.83. The summed E-state index contributed by atoms with van der Waals surface area (Å²) in [6.45, 7) is 6.12. The van der Waals surface area contributed by atoms with Gasteiger partial charge in [-0.15, -0.1) is 0 Å². The Bertz CT molecular complexity index is 408. The van der Waals surface area contributed by atoms with Crippen LogP contribution >= 0.6 is 0 Å². The van der Waals surface area contributed by atoms with Gasteiger partial charge in [0, 0.05) is 33.1 Å². The monoisotopic (exact) mass is 297 g/mol. The first-order valence-corrected chi connectivity index (χ1v) is 7.72. The molecule has 0 aromatic carbocycles. The molecule has 1 N–H and O–H groups in total. The SMILES string of the molecule is CC(C)C1(O)CN(C(=O)C2CCN(C(=O)N(C)C)CC2)C1. The molecular formula is C15H27N3O3. The van der Waals surface area contributed by atoms with Crippen LogP contribution in [-0.2, 0) is 4.79 Å². The lowest BCUT2D eigenvalue weighted by atomic mass is 9.81. The molecule has 2 heterocycles. The third-order valence-electron chi connectivity index (χ3n) is 4.81. The van der Waals surface area contributed by atoms with Gasteiger partial charge in [0.25, 0.3) is 0 Å². The van der Waals surface area contributed by atoms with E-state index in [1.807, 2.05) is 13.8 Å². The zero-order valence-electron chi connectivity index (χ0n) is 13.5. The third kappa shape index (κ3) is 3.15. The fourth-order valence-electron chi connectivity index (χ4n) is 2.99. The summed E-state index contributed by atoms with van der Waals surface area (Å²) in [5, 5.41) is 10.2. The first kappa shape index (κ1) is 16.1. The Morgan fingerprint density at radius 1 is 1.14 bits per heavy atom. The van der Waals surface area contributed by atoms with E-state index < -0.39 is 5.60 Å². The molecule has 6 heteroatoms. The number of piperidine rings is 1. The van der Waals surface area contributed by atoms with Gasteiger partial charge in [-0.25, -0.2) is 4.79 Å². The fraction of sp³-hybridized carbons (Fsp3) is 0.867. The summed E-state index contributed by atoms with van der Waals surface area (Å²) in [4.78, 5) is 29.4. The molecule has 0 aromatic heterocycles. The molecule has 2 rings (SSSR count). The highest BCUT2D eigenvalue weighted by Gasteiger charge is 2.47. The van der Waals surface area contributed by atoms with Crippen molar-refractivity contribution >= 4 is 11.9 Å². The van der Waals surface area contributed by atoms with Crippen LogP contribution in [0.15, 0.2) is 0 Å². The van der Waals surface area contributed by atoms with E-state index in [9.17, 15) is 14.7 Å². The second-order valence-electron chi connectivity index (χ2n) is 6.89. The van der Waals surface area contributed by atoms with Gasteiger partial charge in [-0.2, -0.15) is 0 Å². The number of hydrogen-bond donors (Lipinski definition) is 1. The number of carbonyl (C=O) groups is 2. The molecule has 2 saturated heterocycles. The van der Waals surface area contributed by atoms with Crippen molar-refractivity contribution < 1.29 is 14.7 Å². The van der Waals surface area contributed by atoms with E-state index in [1.165, 1.54) is 0 Å². The lowest BCUT2D eigenvalue weighted by Crippen LogP contribution is -2.67. The number of amides is 3. The Kier molecular flexibility index (Phi) is 4.46. The fourth-order valence-corrected chi connectivity index (χ4v) is 2.99. The van der Waals surface area contributed by atoms with Gasteiger partial charge in [0.05, 0.1) is 13.1 Å². The summed E-state index contributed by atoms with van der Waals surface area (Å²) in [7, 11) is 3.48. The smallest absolute Gasteiger partial charge is 0.319 e. The number of β-amino-alcohol motifs (C(OH)–C–C–N with tert-alkyl or cyclic N) is 1. The zero-order chi connectivity index (χ0) is 15.8. The van der Waals surface area contributed by atoms with Crippen LogP contribution in [0.1, 0.15) is 26.7 Å². The minimum Gasteiger partial charge on any atom is -0.386 e. The van der Waals surface area contributed by atoms with Gasteiger partial charge in [0.15, 0.2) is 0 Å². The van der Waals surface area contributed by atoms with Crippen LogP contribution in [0.5, 0.6) is 0 Å². The molecule has 120 valence electrons. The first-order chi connectivity index (χ1) is 9.74. The lowest BCUT2D eigenvalue weighted by molar-refractivity contribution is -0.168. The highest BCUT2D eigenvalue weighted by atomic mass is 16.3. The van der Waals surface area contributed by atoms with Crippen molar-refractivity contribution in [3.8, 4) is 0 Å². The molecule has 2 aliphatic heterocycles. The van der Waals surface area contributed by atoms with Gasteiger partial charge in [-0.05, 0) is 18.8 Å². The first-order valence-electron chi connectivity index (χ1n) is 7.72. The number of hydrogen-bond acceptors (Lipinski definition) is 3. The number of urea groups is 1. The summed E-state index contributed by atoms with van der Waals surface area (Å²) in [6.07, 6.45) is 1.43. The van der Waals surface area contributed by atoms with Crippen molar-refractivity contribution in [3.05, 3.63) is 0 Å². The van der Waals surface area contributed by atoms with E-state index in [1.54, 1.807) is 28.8 Å². The molecule has 0 saturated carbocycles. The predicted molar refractivity (Wildman–Crippen MR) is 79.7 cm³/mol. The van der Waals surface area contributed by atoms with Gasteiger partial charge in [-0.3, -0.25) is 4.79 Å². The van der Waals surface area contributed by atoms with E-state index in [2.05, 4.69) is 0 Å². The Balaban J connectivity index is 1.81. The Morgan fingerprint density at radius 2 is 1.67 bits per heavy atom. The number of rotatable bonds is 2. The van der Waals surface area contributed by atoms with Crippen LogP contribution in [-0.4, -0.2) is 77.6 Å². The van der Waals surface area contributed by atoms with E-state index in [0.29, 0.717) is 26.2 Å². The number of likely N-dealkylation sites (tertiary alicyclic amines) is 2. The molecule has 6 nitrogen and oxygen atoms in total. The Labute approximate surface area is 126 Å². The molecule has 0 atom stereocenters. The van der Waals surface area contributed by atoms with Crippen LogP contribution in [0.3, 0.4) is 0 Å². The number of nitrogens with zero attached hydrogens (tertiary/aromatic N) is 3. The highest BCUT2D eigenvalue weighted by molar-refractivity contribution is 5.81. The minimum atomic E-state index is -0.711. The Hall–Kier alpha value is -1.30. The van der Waals surface area contributed by atoms with E-state index >= 15 is 0 Å². The van der Waals surface area contributed by atoms with Crippen molar-refractivity contribution in [1.82, 2.24) is 14.7 Å². The van der Waals surface area contributed by atoms with Crippen LogP contribution in [0.25, 0.3) is 0 Å². The zero-order valence-corrected chi connectivity index (χ0v) is 13.5. The van der Waals surface area contributed by atoms with Gasteiger partial charge in [-0.1, -0.05) is 13.8 Å². The number of carbonyl (C=O) groups excluding carboxylic acids is 2. The molecule has 2 fully saturated rings. The van der Waals surface area contributed by atoms with Gasteiger partial charge in [0.1, 0.15) is 5.60 Å². The molecule has 0 unspecified atom stereocenters. The highest BCUT2D eigenvalue weighted by Crippen LogP contribution is 2.31. The maximum Gasteiger partial charge on any atom is 0.319 e. The van der Waals surface area contributed by atoms with Crippen molar-refractivity contribution in [2.45, 2.75) is 32.3 Å².